The van der Waals surface area contributed by atoms with Crippen molar-refractivity contribution in [3.05, 3.63) is 59.2 Å². The first-order valence-corrected chi connectivity index (χ1v) is 7.37. The summed E-state index contributed by atoms with van der Waals surface area (Å²) in [5, 5.41) is 18.9. The minimum absolute atomic E-state index is 0.113. The Balaban J connectivity index is 2.07. The van der Waals surface area contributed by atoms with E-state index >= 15 is 0 Å². The molecular weight excluding hydrogens is 280 g/mol. The molecule has 2 rings (SSSR count). The minimum Gasteiger partial charge on any atom is -0.507 e. The lowest BCUT2D eigenvalue weighted by Gasteiger charge is -2.10. The third-order valence-electron chi connectivity index (χ3n) is 3.46. The Morgan fingerprint density at radius 1 is 1.18 bits per heavy atom. The summed E-state index contributed by atoms with van der Waals surface area (Å²) >= 11 is 0. The van der Waals surface area contributed by atoms with E-state index in [1.54, 1.807) is 12.1 Å². The summed E-state index contributed by atoms with van der Waals surface area (Å²) in [4.78, 5) is 11.0. The highest BCUT2D eigenvalue weighted by molar-refractivity contribution is 5.91. The summed E-state index contributed by atoms with van der Waals surface area (Å²) in [5.41, 5.74) is 1.56. The second kappa shape index (κ2) is 7.50. The molecule has 0 atom stereocenters. The Morgan fingerprint density at radius 2 is 1.95 bits per heavy atom. The van der Waals surface area contributed by atoms with Gasteiger partial charge in [0.1, 0.15) is 23.7 Å². The van der Waals surface area contributed by atoms with Gasteiger partial charge in [-0.15, -0.1) is 0 Å². The molecule has 0 heterocycles. The second-order valence-electron chi connectivity index (χ2n) is 5.16. The van der Waals surface area contributed by atoms with Crippen molar-refractivity contribution in [2.45, 2.75) is 32.8 Å². The number of hydrogen-bond donors (Lipinski definition) is 2. The van der Waals surface area contributed by atoms with E-state index in [0.717, 1.165) is 19.3 Å². The van der Waals surface area contributed by atoms with Crippen LogP contribution in [0.1, 0.15) is 41.3 Å². The number of phenols is 1. The van der Waals surface area contributed by atoms with Crippen molar-refractivity contribution >= 4 is 5.97 Å². The highest BCUT2D eigenvalue weighted by Gasteiger charge is 2.13. The zero-order valence-corrected chi connectivity index (χ0v) is 12.6. The number of carbonyl (C=O) groups is 1. The van der Waals surface area contributed by atoms with Crippen molar-refractivity contribution < 1.29 is 19.7 Å². The van der Waals surface area contributed by atoms with Crippen LogP contribution < -0.4 is 4.74 Å². The Kier molecular flexibility index (Phi) is 5.42. The Hall–Kier alpha value is -2.49. The van der Waals surface area contributed by atoms with Crippen molar-refractivity contribution in [1.82, 2.24) is 0 Å². The fourth-order valence-corrected chi connectivity index (χ4v) is 2.21. The number of aromatic hydroxyl groups is 1. The summed E-state index contributed by atoms with van der Waals surface area (Å²) in [6, 6.07) is 12.5. The summed E-state index contributed by atoms with van der Waals surface area (Å²) in [6.07, 6.45) is 3.28. The van der Waals surface area contributed by atoms with Crippen LogP contribution in [0, 0.1) is 0 Å². The van der Waals surface area contributed by atoms with Gasteiger partial charge in [-0.3, -0.25) is 0 Å². The molecule has 0 aromatic heterocycles. The lowest BCUT2D eigenvalue weighted by molar-refractivity contribution is 0.0693. The third-order valence-corrected chi connectivity index (χ3v) is 3.46. The average molecular weight is 300 g/mol. The fraction of sp³-hybridized carbons (Fsp3) is 0.278. The van der Waals surface area contributed by atoms with Crippen LogP contribution >= 0.6 is 0 Å². The zero-order valence-electron chi connectivity index (χ0n) is 12.6. The van der Waals surface area contributed by atoms with Gasteiger partial charge >= 0.3 is 5.97 Å². The van der Waals surface area contributed by atoms with Gasteiger partial charge < -0.3 is 14.9 Å². The van der Waals surface area contributed by atoms with Gasteiger partial charge in [0.2, 0.25) is 0 Å². The van der Waals surface area contributed by atoms with E-state index < -0.39 is 5.97 Å². The molecule has 0 fully saturated rings. The number of hydrogen-bond acceptors (Lipinski definition) is 3. The number of rotatable bonds is 7. The SMILES string of the molecule is CCCCc1cccc(OCc2cccc(C(=O)O)c2O)c1. The van der Waals surface area contributed by atoms with Gasteiger partial charge in [-0.25, -0.2) is 4.79 Å². The molecule has 0 radical (unpaired) electrons. The molecule has 0 aliphatic heterocycles. The maximum Gasteiger partial charge on any atom is 0.339 e. The molecule has 0 unspecified atom stereocenters. The molecule has 0 saturated heterocycles. The smallest absolute Gasteiger partial charge is 0.339 e. The fourth-order valence-electron chi connectivity index (χ4n) is 2.21. The molecule has 2 aromatic carbocycles. The molecule has 116 valence electrons. The van der Waals surface area contributed by atoms with Crippen molar-refractivity contribution in [2.24, 2.45) is 0 Å². The lowest BCUT2D eigenvalue weighted by Crippen LogP contribution is -2.02. The van der Waals surface area contributed by atoms with E-state index in [2.05, 4.69) is 13.0 Å². The average Bonchev–Trinajstić information content (AvgIpc) is 2.52. The van der Waals surface area contributed by atoms with Crippen LogP contribution in [-0.4, -0.2) is 16.2 Å². The molecule has 0 saturated carbocycles. The van der Waals surface area contributed by atoms with Gasteiger partial charge in [-0.2, -0.15) is 0 Å². The first-order chi connectivity index (χ1) is 10.6. The van der Waals surface area contributed by atoms with E-state index in [9.17, 15) is 9.90 Å². The summed E-state index contributed by atoms with van der Waals surface area (Å²) in [7, 11) is 0. The largest absolute Gasteiger partial charge is 0.507 e. The van der Waals surface area contributed by atoms with Gasteiger partial charge in [0.05, 0.1) is 0 Å². The van der Waals surface area contributed by atoms with Crippen LogP contribution in [0.25, 0.3) is 0 Å². The number of aryl methyl sites for hydroxylation is 1. The van der Waals surface area contributed by atoms with Gasteiger partial charge in [0, 0.05) is 5.56 Å². The summed E-state index contributed by atoms with van der Waals surface area (Å²) < 4.78 is 5.68. The van der Waals surface area contributed by atoms with E-state index in [-0.39, 0.29) is 17.9 Å². The summed E-state index contributed by atoms with van der Waals surface area (Å²) in [6.45, 7) is 2.28. The molecular formula is C18H20O4. The van der Waals surface area contributed by atoms with Crippen LogP contribution in [0.5, 0.6) is 11.5 Å². The molecule has 2 N–H and O–H groups in total. The molecule has 0 aliphatic carbocycles. The van der Waals surface area contributed by atoms with Crippen LogP contribution in [0.3, 0.4) is 0 Å². The molecule has 2 aromatic rings. The maximum absolute atomic E-state index is 11.0. The number of para-hydroxylation sites is 1. The quantitative estimate of drug-likeness (QED) is 0.810. The first-order valence-electron chi connectivity index (χ1n) is 7.37. The summed E-state index contributed by atoms with van der Waals surface area (Å²) in [5.74, 6) is -0.674. The van der Waals surface area contributed by atoms with E-state index in [1.807, 2.05) is 18.2 Å². The number of ether oxygens (including phenoxy) is 1. The van der Waals surface area contributed by atoms with Crippen LogP contribution in [0.2, 0.25) is 0 Å². The number of carboxylic acid groups (broad SMARTS) is 1. The minimum atomic E-state index is -1.15. The van der Waals surface area contributed by atoms with E-state index in [0.29, 0.717) is 11.3 Å². The van der Waals surface area contributed by atoms with Crippen molar-refractivity contribution in [3.8, 4) is 11.5 Å². The molecule has 0 aliphatic rings. The molecule has 22 heavy (non-hydrogen) atoms. The van der Waals surface area contributed by atoms with Gasteiger partial charge in [0.25, 0.3) is 0 Å². The van der Waals surface area contributed by atoms with Gasteiger partial charge in [-0.1, -0.05) is 37.6 Å². The Bertz CT molecular complexity index is 649. The number of carboxylic acids is 1. The topological polar surface area (TPSA) is 66.8 Å². The number of unbranched alkanes of at least 4 members (excludes halogenated alkanes) is 1. The third kappa shape index (κ3) is 4.01. The van der Waals surface area contributed by atoms with Gasteiger partial charge in [-0.05, 0) is 36.6 Å². The molecule has 4 heteroatoms. The van der Waals surface area contributed by atoms with Crippen molar-refractivity contribution in [1.29, 1.82) is 0 Å². The highest BCUT2D eigenvalue weighted by Crippen LogP contribution is 2.24. The predicted octanol–water partition coefficient (Wildman–Crippen LogP) is 4.01. The first kappa shape index (κ1) is 15.9. The molecule has 0 amide bonds. The Labute approximate surface area is 130 Å². The van der Waals surface area contributed by atoms with E-state index in [1.165, 1.54) is 11.6 Å². The molecule has 0 bridgehead atoms. The van der Waals surface area contributed by atoms with E-state index in [4.69, 9.17) is 9.84 Å². The van der Waals surface area contributed by atoms with Crippen LogP contribution in [-0.2, 0) is 13.0 Å². The highest BCUT2D eigenvalue weighted by atomic mass is 16.5. The van der Waals surface area contributed by atoms with Gasteiger partial charge in [0.15, 0.2) is 0 Å². The number of benzene rings is 2. The Morgan fingerprint density at radius 3 is 2.68 bits per heavy atom. The standard InChI is InChI=1S/C18H20O4/c1-2-3-6-13-7-4-9-15(11-13)22-12-14-8-5-10-16(17(14)19)18(20)21/h4-5,7-11,19H,2-3,6,12H2,1H3,(H,20,21). The lowest BCUT2D eigenvalue weighted by atomic mass is 10.1. The van der Waals surface area contributed by atoms with Crippen LogP contribution in [0.15, 0.2) is 42.5 Å². The predicted molar refractivity (Wildman–Crippen MR) is 84.5 cm³/mol. The monoisotopic (exact) mass is 300 g/mol. The van der Waals surface area contributed by atoms with Crippen LogP contribution in [0.4, 0.5) is 0 Å². The normalized spacial score (nSPS) is 10.4. The molecule has 4 nitrogen and oxygen atoms in total. The van der Waals surface area contributed by atoms with Crippen molar-refractivity contribution in [3.63, 3.8) is 0 Å². The zero-order chi connectivity index (χ0) is 15.9. The maximum atomic E-state index is 11.0. The number of aromatic carboxylic acids is 1. The van der Waals surface area contributed by atoms with Crippen molar-refractivity contribution in [2.75, 3.05) is 0 Å². The molecule has 0 spiro atoms. The second-order valence-corrected chi connectivity index (χ2v) is 5.16.